The molecule has 2 nitrogen and oxygen atoms in total. The Morgan fingerprint density at radius 2 is 2.09 bits per heavy atom. The van der Waals surface area contributed by atoms with E-state index in [1.807, 2.05) is 0 Å². The van der Waals surface area contributed by atoms with Gasteiger partial charge in [0, 0.05) is 12.6 Å². The van der Waals surface area contributed by atoms with Gasteiger partial charge in [-0.15, -0.1) is 0 Å². The lowest BCUT2D eigenvalue weighted by molar-refractivity contribution is 0.356. The van der Waals surface area contributed by atoms with E-state index in [0.717, 1.165) is 12.5 Å². The van der Waals surface area contributed by atoms with Gasteiger partial charge in [0.05, 0.1) is 0 Å². The summed E-state index contributed by atoms with van der Waals surface area (Å²) in [5, 5.41) is 0. The Morgan fingerprint density at radius 3 is 2.55 bits per heavy atom. The SMILES string of the molecule is CN(C)CC(N)CCC1CC1. The fourth-order valence-corrected chi connectivity index (χ4v) is 1.42. The first-order valence-corrected chi connectivity index (χ1v) is 4.59. The highest BCUT2D eigenvalue weighted by Crippen LogP contribution is 2.33. The second-order valence-electron chi connectivity index (χ2n) is 4.04. The van der Waals surface area contributed by atoms with Crippen LogP contribution < -0.4 is 5.73 Å². The van der Waals surface area contributed by atoms with E-state index in [0.29, 0.717) is 6.04 Å². The highest BCUT2D eigenvalue weighted by atomic mass is 15.1. The van der Waals surface area contributed by atoms with E-state index in [4.69, 9.17) is 5.73 Å². The van der Waals surface area contributed by atoms with Crippen LogP contribution in [0.5, 0.6) is 0 Å². The number of rotatable bonds is 5. The molecular formula is C9H20N2. The van der Waals surface area contributed by atoms with Gasteiger partial charge in [-0.25, -0.2) is 0 Å². The Hall–Kier alpha value is -0.0800. The van der Waals surface area contributed by atoms with Crippen LogP contribution >= 0.6 is 0 Å². The minimum atomic E-state index is 0.394. The number of hydrogen-bond donors (Lipinski definition) is 1. The molecule has 2 N–H and O–H groups in total. The minimum absolute atomic E-state index is 0.394. The van der Waals surface area contributed by atoms with Crippen LogP contribution in [-0.4, -0.2) is 31.6 Å². The second-order valence-corrected chi connectivity index (χ2v) is 4.04. The Kier molecular flexibility index (Phi) is 3.34. The maximum absolute atomic E-state index is 5.91. The third-order valence-electron chi connectivity index (χ3n) is 2.24. The molecule has 1 atom stereocenters. The quantitative estimate of drug-likeness (QED) is 0.645. The summed E-state index contributed by atoms with van der Waals surface area (Å²) in [6.07, 6.45) is 5.47. The fraction of sp³-hybridized carbons (Fsp3) is 1.00. The third kappa shape index (κ3) is 4.38. The summed E-state index contributed by atoms with van der Waals surface area (Å²) >= 11 is 0. The lowest BCUT2D eigenvalue weighted by Crippen LogP contribution is -2.33. The molecule has 2 heteroatoms. The van der Waals surface area contributed by atoms with Crippen molar-refractivity contribution >= 4 is 0 Å². The van der Waals surface area contributed by atoms with E-state index in [1.165, 1.54) is 25.7 Å². The number of likely N-dealkylation sites (N-methyl/N-ethyl adjacent to an activating group) is 1. The van der Waals surface area contributed by atoms with E-state index >= 15 is 0 Å². The van der Waals surface area contributed by atoms with E-state index in [1.54, 1.807) is 0 Å². The minimum Gasteiger partial charge on any atom is -0.327 e. The van der Waals surface area contributed by atoms with Crippen molar-refractivity contribution in [3.8, 4) is 0 Å². The van der Waals surface area contributed by atoms with Gasteiger partial charge in [0.1, 0.15) is 0 Å². The summed E-state index contributed by atoms with van der Waals surface area (Å²) in [7, 11) is 4.16. The molecule has 0 spiro atoms. The predicted octanol–water partition coefficient (Wildman–Crippen LogP) is 1.07. The third-order valence-corrected chi connectivity index (χ3v) is 2.24. The first kappa shape index (κ1) is 9.01. The van der Waals surface area contributed by atoms with Crippen LogP contribution in [0.4, 0.5) is 0 Å². The second kappa shape index (κ2) is 4.07. The van der Waals surface area contributed by atoms with Crippen LogP contribution in [0.3, 0.4) is 0 Å². The molecule has 1 rings (SSSR count). The molecule has 1 unspecified atom stereocenters. The van der Waals surface area contributed by atoms with Gasteiger partial charge in [-0.2, -0.15) is 0 Å². The van der Waals surface area contributed by atoms with Gasteiger partial charge in [-0.3, -0.25) is 0 Å². The first-order valence-electron chi connectivity index (χ1n) is 4.59. The van der Waals surface area contributed by atoms with Crippen molar-refractivity contribution in [1.82, 2.24) is 4.90 Å². The lowest BCUT2D eigenvalue weighted by atomic mass is 10.1. The summed E-state index contributed by atoms with van der Waals surface area (Å²) in [6, 6.07) is 0.394. The average molecular weight is 156 g/mol. The predicted molar refractivity (Wildman–Crippen MR) is 48.5 cm³/mol. The average Bonchev–Trinajstić information content (AvgIpc) is 2.63. The number of nitrogens with zero attached hydrogens (tertiary/aromatic N) is 1. The Morgan fingerprint density at radius 1 is 1.45 bits per heavy atom. The maximum Gasteiger partial charge on any atom is 0.0167 e. The Balaban J connectivity index is 1.95. The van der Waals surface area contributed by atoms with Gasteiger partial charge in [0.2, 0.25) is 0 Å². The highest BCUT2D eigenvalue weighted by molar-refractivity contribution is 4.76. The summed E-state index contributed by atoms with van der Waals surface area (Å²) in [6.45, 7) is 1.03. The van der Waals surface area contributed by atoms with Gasteiger partial charge >= 0.3 is 0 Å². The molecule has 0 aromatic heterocycles. The lowest BCUT2D eigenvalue weighted by Gasteiger charge is -2.16. The van der Waals surface area contributed by atoms with Crippen molar-refractivity contribution in [3.63, 3.8) is 0 Å². The molecule has 0 radical (unpaired) electrons. The Labute approximate surface area is 69.8 Å². The van der Waals surface area contributed by atoms with Gasteiger partial charge in [0.15, 0.2) is 0 Å². The maximum atomic E-state index is 5.91. The molecule has 11 heavy (non-hydrogen) atoms. The van der Waals surface area contributed by atoms with Crippen LogP contribution in [0.1, 0.15) is 25.7 Å². The van der Waals surface area contributed by atoms with E-state index in [9.17, 15) is 0 Å². The van der Waals surface area contributed by atoms with Crippen molar-refractivity contribution in [1.29, 1.82) is 0 Å². The van der Waals surface area contributed by atoms with E-state index in [2.05, 4.69) is 19.0 Å². The fourth-order valence-electron chi connectivity index (χ4n) is 1.42. The van der Waals surface area contributed by atoms with E-state index < -0.39 is 0 Å². The Bertz CT molecular complexity index is 108. The molecule has 0 heterocycles. The molecule has 0 aliphatic heterocycles. The molecular weight excluding hydrogens is 136 g/mol. The van der Waals surface area contributed by atoms with Crippen molar-refractivity contribution < 1.29 is 0 Å². The zero-order chi connectivity index (χ0) is 8.27. The molecule has 0 amide bonds. The van der Waals surface area contributed by atoms with Gasteiger partial charge in [-0.1, -0.05) is 12.8 Å². The number of hydrogen-bond acceptors (Lipinski definition) is 2. The van der Waals surface area contributed by atoms with Crippen LogP contribution in [0.15, 0.2) is 0 Å². The van der Waals surface area contributed by atoms with Crippen LogP contribution in [0.2, 0.25) is 0 Å². The van der Waals surface area contributed by atoms with Gasteiger partial charge in [0.25, 0.3) is 0 Å². The van der Waals surface area contributed by atoms with Gasteiger partial charge < -0.3 is 10.6 Å². The standard InChI is InChI=1S/C9H20N2/c1-11(2)7-9(10)6-5-8-3-4-8/h8-9H,3-7,10H2,1-2H3. The summed E-state index contributed by atoms with van der Waals surface area (Å²) in [5.41, 5.74) is 5.91. The molecule has 1 aliphatic carbocycles. The normalized spacial score (nSPS) is 20.7. The van der Waals surface area contributed by atoms with Gasteiger partial charge in [-0.05, 0) is 32.9 Å². The molecule has 1 aliphatic rings. The summed E-state index contributed by atoms with van der Waals surface area (Å²) < 4.78 is 0. The highest BCUT2D eigenvalue weighted by Gasteiger charge is 2.21. The van der Waals surface area contributed by atoms with Crippen molar-refractivity contribution in [2.24, 2.45) is 11.7 Å². The zero-order valence-corrected chi connectivity index (χ0v) is 7.71. The first-order chi connectivity index (χ1) is 5.18. The van der Waals surface area contributed by atoms with Crippen molar-refractivity contribution in [2.75, 3.05) is 20.6 Å². The largest absolute Gasteiger partial charge is 0.327 e. The molecule has 0 aromatic rings. The topological polar surface area (TPSA) is 29.3 Å². The molecule has 1 fully saturated rings. The van der Waals surface area contributed by atoms with Crippen molar-refractivity contribution in [2.45, 2.75) is 31.7 Å². The molecule has 66 valence electrons. The van der Waals surface area contributed by atoms with Crippen LogP contribution in [0.25, 0.3) is 0 Å². The van der Waals surface area contributed by atoms with Crippen LogP contribution in [-0.2, 0) is 0 Å². The monoisotopic (exact) mass is 156 g/mol. The van der Waals surface area contributed by atoms with Crippen LogP contribution in [0, 0.1) is 5.92 Å². The summed E-state index contributed by atoms with van der Waals surface area (Å²) in [5.74, 6) is 1.03. The molecule has 1 saturated carbocycles. The molecule has 0 bridgehead atoms. The van der Waals surface area contributed by atoms with E-state index in [-0.39, 0.29) is 0 Å². The number of nitrogens with two attached hydrogens (primary N) is 1. The summed E-state index contributed by atoms with van der Waals surface area (Å²) in [4.78, 5) is 2.16. The zero-order valence-electron chi connectivity index (χ0n) is 7.71. The molecule has 0 aromatic carbocycles. The van der Waals surface area contributed by atoms with Crippen molar-refractivity contribution in [3.05, 3.63) is 0 Å². The smallest absolute Gasteiger partial charge is 0.0167 e. The molecule has 0 saturated heterocycles.